The Morgan fingerprint density at radius 3 is 2.55 bits per heavy atom. The minimum absolute atomic E-state index is 0.0129. The van der Waals surface area contributed by atoms with Crippen molar-refractivity contribution in [3.8, 4) is 0 Å². The third-order valence-corrected chi connectivity index (χ3v) is 5.72. The summed E-state index contributed by atoms with van der Waals surface area (Å²) in [6.07, 6.45) is 1.58. The normalized spacial score (nSPS) is 16.0. The van der Waals surface area contributed by atoms with Crippen LogP contribution in [0, 0.1) is 13.8 Å². The number of carbonyl (C=O) groups excluding carboxylic acids is 2. The molecule has 1 N–H and O–H groups in total. The summed E-state index contributed by atoms with van der Waals surface area (Å²) in [5, 5.41) is 3.19. The van der Waals surface area contributed by atoms with Crippen LogP contribution >= 0.6 is 35.4 Å². The highest BCUT2D eigenvalue weighted by Crippen LogP contribution is 2.30. The van der Waals surface area contributed by atoms with E-state index in [-0.39, 0.29) is 15.7 Å². The largest absolute Gasteiger partial charge is 0.383 e. The first-order valence-electron chi connectivity index (χ1n) is 8.76. The molecule has 3 rings (SSSR count). The summed E-state index contributed by atoms with van der Waals surface area (Å²) in [7, 11) is 1.64. The molecule has 2 amide bonds. The van der Waals surface area contributed by atoms with Gasteiger partial charge < -0.3 is 9.30 Å². The SMILES string of the molecule is COCCn1c(C)cc(C=C2C(=O)NC(=S)N(c3ccc(Cl)c(Cl)c3)C2=O)c1C. The van der Waals surface area contributed by atoms with Gasteiger partial charge in [-0.3, -0.25) is 19.8 Å². The van der Waals surface area contributed by atoms with E-state index >= 15 is 0 Å². The summed E-state index contributed by atoms with van der Waals surface area (Å²) in [6, 6.07) is 6.64. The molecule has 1 aliphatic rings. The maximum atomic E-state index is 13.1. The molecule has 0 radical (unpaired) electrons. The standard InChI is InChI=1S/C20H19Cl2N3O3S/c1-11-8-13(12(2)24(11)6-7-28-3)9-15-18(26)23-20(29)25(19(15)27)14-4-5-16(21)17(22)10-14/h4-5,8-10H,6-7H2,1-3H3,(H,23,26,29). The van der Waals surface area contributed by atoms with E-state index in [1.54, 1.807) is 25.3 Å². The lowest BCUT2D eigenvalue weighted by atomic mass is 10.1. The zero-order chi connectivity index (χ0) is 21.3. The molecule has 152 valence electrons. The Kier molecular flexibility index (Phi) is 6.43. The second-order valence-electron chi connectivity index (χ2n) is 6.53. The summed E-state index contributed by atoms with van der Waals surface area (Å²) >= 11 is 17.2. The summed E-state index contributed by atoms with van der Waals surface area (Å²) in [5.74, 6) is -1.07. The number of hydrogen-bond donors (Lipinski definition) is 1. The lowest BCUT2D eigenvalue weighted by molar-refractivity contribution is -0.122. The van der Waals surface area contributed by atoms with Gasteiger partial charge >= 0.3 is 0 Å². The second-order valence-corrected chi connectivity index (χ2v) is 7.73. The average molecular weight is 452 g/mol. The fraction of sp³-hybridized carbons (Fsp3) is 0.250. The molecule has 0 unspecified atom stereocenters. The molecule has 1 aromatic carbocycles. The van der Waals surface area contributed by atoms with E-state index in [9.17, 15) is 9.59 Å². The van der Waals surface area contributed by atoms with Gasteiger partial charge in [-0.15, -0.1) is 0 Å². The monoisotopic (exact) mass is 451 g/mol. The predicted octanol–water partition coefficient (Wildman–Crippen LogP) is 3.89. The van der Waals surface area contributed by atoms with E-state index in [4.69, 9.17) is 40.2 Å². The molecule has 0 atom stereocenters. The van der Waals surface area contributed by atoms with Crippen molar-refractivity contribution in [1.82, 2.24) is 9.88 Å². The van der Waals surface area contributed by atoms with Gasteiger partial charge in [-0.05, 0) is 62.0 Å². The van der Waals surface area contributed by atoms with Crippen LogP contribution in [-0.2, 0) is 20.9 Å². The minimum atomic E-state index is -0.544. The molecule has 0 spiro atoms. The molecule has 1 saturated heterocycles. The van der Waals surface area contributed by atoms with Crippen molar-refractivity contribution in [3.05, 3.63) is 56.8 Å². The number of nitrogens with zero attached hydrogens (tertiary/aromatic N) is 2. The molecule has 1 fully saturated rings. The van der Waals surface area contributed by atoms with Crippen LogP contribution in [0.3, 0.4) is 0 Å². The molecule has 9 heteroatoms. The van der Waals surface area contributed by atoms with Crippen molar-refractivity contribution in [2.24, 2.45) is 0 Å². The quantitative estimate of drug-likeness (QED) is 0.425. The van der Waals surface area contributed by atoms with Gasteiger partial charge in [0, 0.05) is 25.0 Å². The molecule has 6 nitrogen and oxygen atoms in total. The number of carbonyl (C=O) groups is 2. The highest BCUT2D eigenvalue weighted by molar-refractivity contribution is 7.80. The van der Waals surface area contributed by atoms with Crippen LogP contribution < -0.4 is 10.2 Å². The molecule has 1 aliphatic heterocycles. The smallest absolute Gasteiger partial charge is 0.270 e. The zero-order valence-electron chi connectivity index (χ0n) is 16.1. The Bertz CT molecular complexity index is 1050. The first-order valence-corrected chi connectivity index (χ1v) is 9.93. The number of thiocarbonyl (C=S) groups is 1. The molecule has 2 aromatic rings. The Hall–Kier alpha value is -2.19. The minimum Gasteiger partial charge on any atom is -0.383 e. The van der Waals surface area contributed by atoms with E-state index < -0.39 is 11.8 Å². The molecule has 2 heterocycles. The summed E-state index contributed by atoms with van der Waals surface area (Å²) < 4.78 is 7.22. The maximum Gasteiger partial charge on any atom is 0.270 e. The molecule has 1 aromatic heterocycles. The van der Waals surface area contributed by atoms with Crippen molar-refractivity contribution < 1.29 is 14.3 Å². The fourth-order valence-corrected chi connectivity index (χ4v) is 3.75. The molecule has 0 saturated carbocycles. The number of halogens is 2. The van der Waals surface area contributed by atoms with E-state index in [0.717, 1.165) is 17.0 Å². The van der Waals surface area contributed by atoms with Crippen molar-refractivity contribution in [2.45, 2.75) is 20.4 Å². The van der Waals surface area contributed by atoms with E-state index in [1.807, 2.05) is 19.9 Å². The summed E-state index contributed by atoms with van der Waals surface area (Å²) in [5.41, 5.74) is 3.12. The molecule has 0 bridgehead atoms. The Morgan fingerprint density at radius 1 is 1.17 bits per heavy atom. The topological polar surface area (TPSA) is 63.6 Å². The Morgan fingerprint density at radius 2 is 1.90 bits per heavy atom. The third kappa shape index (κ3) is 4.23. The molecule has 29 heavy (non-hydrogen) atoms. The number of anilines is 1. The molecular formula is C20H19Cl2N3O3S. The van der Waals surface area contributed by atoms with Crippen molar-refractivity contribution in [2.75, 3.05) is 18.6 Å². The fourth-order valence-electron chi connectivity index (χ4n) is 3.17. The average Bonchev–Trinajstić information content (AvgIpc) is 2.92. The predicted molar refractivity (Wildman–Crippen MR) is 118 cm³/mol. The van der Waals surface area contributed by atoms with Gasteiger partial charge in [0.05, 0.1) is 22.3 Å². The third-order valence-electron chi connectivity index (χ3n) is 4.69. The zero-order valence-corrected chi connectivity index (χ0v) is 18.4. The number of hydrogen-bond acceptors (Lipinski definition) is 4. The van der Waals surface area contributed by atoms with Crippen LogP contribution in [0.5, 0.6) is 0 Å². The number of aryl methyl sites for hydroxylation is 1. The van der Waals surface area contributed by atoms with Crippen LogP contribution in [0.1, 0.15) is 17.0 Å². The number of aromatic nitrogens is 1. The lowest BCUT2D eigenvalue weighted by Crippen LogP contribution is -2.54. The number of rotatable bonds is 5. The van der Waals surface area contributed by atoms with Crippen LogP contribution in [-0.4, -0.2) is 35.2 Å². The first kappa shape index (κ1) is 21.5. The summed E-state index contributed by atoms with van der Waals surface area (Å²) in [4.78, 5) is 26.9. The summed E-state index contributed by atoms with van der Waals surface area (Å²) in [6.45, 7) is 5.13. The highest BCUT2D eigenvalue weighted by atomic mass is 35.5. The van der Waals surface area contributed by atoms with Crippen LogP contribution in [0.15, 0.2) is 29.8 Å². The highest BCUT2D eigenvalue weighted by Gasteiger charge is 2.35. The van der Waals surface area contributed by atoms with E-state index in [1.165, 1.54) is 11.0 Å². The number of ether oxygens (including phenoxy) is 1. The van der Waals surface area contributed by atoms with Gasteiger partial charge in [0.1, 0.15) is 5.57 Å². The molecular weight excluding hydrogens is 433 g/mol. The van der Waals surface area contributed by atoms with Crippen molar-refractivity contribution >= 4 is 64.1 Å². The lowest BCUT2D eigenvalue weighted by Gasteiger charge is -2.29. The van der Waals surface area contributed by atoms with Gasteiger partial charge in [-0.1, -0.05) is 23.2 Å². The Labute approximate surface area is 184 Å². The number of amides is 2. The number of methoxy groups -OCH3 is 1. The van der Waals surface area contributed by atoms with E-state index in [0.29, 0.717) is 23.9 Å². The number of nitrogens with one attached hydrogen (secondary N) is 1. The van der Waals surface area contributed by atoms with Crippen molar-refractivity contribution in [1.29, 1.82) is 0 Å². The van der Waals surface area contributed by atoms with Gasteiger partial charge in [0.15, 0.2) is 5.11 Å². The van der Waals surface area contributed by atoms with Crippen molar-refractivity contribution in [3.63, 3.8) is 0 Å². The van der Waals surface area contributed by atoms with Crippen LogP contribution in [0.25, 0.3) is 6.08 Å². The van der Waals surface area contributed by atoms with Crippen LogP contribution in [0.4, 0.5) is 5.69 Å². The van der Waals surface area contributed by atoms with Gasteiger partial charge in [-0.25, -0.2) is 0 Å². The maximum absolute atomic E-state index is 13.1. The molecule has 0 aliphatic carbocycles. The van der Waals surface area contributed by atoms with Gasteiger partial charge in [0.25, 0.3) is 11.8 Å². The first-order chi connectivity index (χ1) is 13.7. The number of benzene rings is 1. The van der Waals surface area contributed by atoms with Crippen LogP contribution in [0.2, 0.25) is 10.0 Å². The second kappa shape index (κ2) is 8.67. The van der Waals surface area contributed by atoms with E-state index in [2.05, 4.69) is 9.88 Å². The Balaban J connectivity index is 2.01. The van der Waals surface area contributed by atoms with Gasteiger partial charge in [0.2, 0.25) is 0 Å². The van der Waals surface area contributed by atoms with Gasteiger partial charge in [-0.2, -0.15) is 0 Å².